The minimum atomic E-state index is -0.324. The summed E-state index contributed by atoms with van der Waals surface area (Å²) in [5.41, 5.74) is -0.324. The second kappa shape index (κ2) is 8.34. The fourth-order valence-corrected chi connectivity index (χ4v) is 2.56. The first-order valence-corrected chi connectivity index (χ1v) is 8.60. The fourth-order valence-electron chi connectivity index (χ4n) is 2.56. The first-order chi connectivity index (χ1) is 11.8. The minimum absolute atomic E-state index is 0.0126. The number of piperazine rings is 1. The van der Waals surface area contributed by atoms with Crippen molar-refractivity contribution in [3.05, 3.63) is 24.3 Å². The van der Waals surface area contributed by atoms with Crippen molar-refractivity contribution in [2.45, 2.75) is 20.8 Å². The van der Waals surface area contributed by atoms with Crippen LogP contribution in [0.2, 0.25) is 0 Å². The Hall–Kier alpha value is -2.08. The molecule has 6 nitrogen and oxygen atoms in total. The second-order valence-corrected chi connectivity index (χ2v) is 7.27. The van der Waals surface area contributed by atoms with Gasteiger partial charge in [-0.15, -0.1) is 0 Å². The van der Waals surface area contributed by atoms with Crippen LogP contribution in [-0.4, -0.2) is 67.9 Å². The summed E-state index contributed by atoms with van der Waals surface area (Å²) in [6.45, 7) is 8.89. The quantitative estimate of drug-likeness (QED) is 0.785. The second-order valence-electron chi connectivity index (χ2n) is 7.27. The van der Waals surface area contributed by atoms with Gasteiger partial charge in [-0.3, -0.25) is 14.5 Å². The molecule has 1 fully saturated rings. The maximum Gasteiger partial charge on any atom is 0.260 e. The number of benzene rings is 1. The van der Waals surface area contributed by atoms with E-state index >= 15 is 0 Å². The highest BCUT2D eigenvalue weighted by molar-refractivity contribution is 5.85. The van der Waals surface area contributed by atoms with Crippen LogP contribution >= 0.6 is 0 Å². The molecule has 0 saturated carbocycles. The monoisotopic (exact) mass is 348 g/mol. The Bertz CT molecular complexity index is 602. The number of amides is 1. The van der Waals surface area contributed by atoms with E-state index in [1.165, 1.54) is 0 Å². The molecule has 1 saturated heterocycles. The van der Waals surface area contributed by atoms with Crippen LogP contribution in [0.5, 0.6) is 11.5 Å². The van der Waals surface area contributed by atoms with Crippen molar-refractivity contribution in [3.8, 4) is 11.5 Å². The number of Topliss-reactive ketones (excluding diaryl/α,β-unsaturated/α-hetero) is 1. The van der Waals surface area contributed by atoms with E-state index < -0.39 is 0 Å². The Kier molecular flexibility index (Phi) is 6.42. The molecular weight excluding hydrogens is 320 g/mol. The molecule has 0 unspecified atom stereocenters. The van der Waals surface area contributed by atoms with Gasteiger partial charge in [0.1, 0.15) is 0 Å². The van der Waals surface area contributed by atoms with Crippen molar-refractivity contribution in [1.29, 1.82) is 0 Å². The zero-order valence-corrected chi connectivity index (χ0v) is 15.6. The average Bonchev–Trinajstić information content (AvgIpc) is 2.59. The molecule has 138 valence electrons. The summed E-state index contributed by atoms with van der Waals surface area (Å²) < 4.78 is 10.8. The van der Waals surface area contributed by atoms with E-state index in [2.05, 4.69) is 4.90 Å². The van der Waals surface area contributed by atoms with Gasteiger partial charge in [-0.05, 0) is 12.1 Å². The number of para-hydroxylation sites is 2. The van der Waals surface area contributed by atoms with Gasteiger partial charge in [-0.25, -0.2) is 0 Å². The topological polar surface area (TPSA) is 59.1 Å². The fraction of sp³-hybridized carbons (Fsp3) is 0.579. The van der Waals surface area contributed by atoms with Gasteiger partial charge < -0.3 is 14.4 Å². The van der Waals surface area contributed by atoms with Crippen LogP contribution < -0.4 is 9.47 Å². The smallest absolute Gasteiger partial charge is 0.260 e. The third-order valence-electron chi connectivity index (χ3n) is 4.35. The SMILES string of the molecule is COc1ccccc1OCC(=O)N1CCN(CC(=O)C(C)(C)C)CC1. The van der Waals surface area contributed by atoms with Gasteiger partial charge in [0, 0.05) is 31.6 Å². The first-order valence-electron chi connectivity index (χ1n) is 8.60. The van der Waals surface area contributed by atoms with Crippen LogP contribution in [0.25, 0.3) is 0 Å². The summed E-state index contributed by atoms with van der Waals surface area (Å²) in [6, 6.07) is 7.27. The summed E-state index contributed by atoms with van der Waals surface area (Å²) in [7, 11) is 1.57. The predicted molar refractivity (Wildman–Crippen MR) is 96.0 cm³/mol. The molecule has 0 N–H and O–H groups in total. The van der Waals surface area contributed by atoms with Gasteiger partial charge in [0.2, 0.25) is 0 Å². The van der Waals surface area contributed by atoms with Gasteiger partial charge in [0.15, 0.2) is 23.9 Å². The van der Waals surface area contributed by atoms with Gasteiger partial charge in [0.05, 0.1) is 13.7 Å². The van der Waals surface area contributed by atoms with Crippen molar-refractivity contribution in [3.63, 3.8) is 0 Å². The summed E-state index contributed by atoms with van der Waals surface area (Å²) in [4.78, 5) is 28.3. The van der Waals surface area contributed by atoms with Crippen molar-refractivity contribution in [1.82, 2.24) is 9.80 Å². The number of hydrogen-bond acceptors (Lipinski definition) is 5. The van der Waals surface area contributed by atoms with Crippen LogP contribution in [0, 0.1) is 5.41 Å². The van der Waals surface area contributed by atoms with E-state index in [9.17, 15) is 9.59 Å². The molecule has 6 heteroatoms. The lowest BCUT2D eigenvalue weighted by Gasteiger charge is -2.35. The van der Waals surface area contributed by atoms with Gasteiger partial charge >= 0.3 is 0 Å². The number of nitrogens with zero attached hydrogens (tertiary/aromatic N) is 2. The Balaban J connectivity index is 1.78. The van der Waals surface area contributed by atoms with E-state index in [0.717, 1.165) is 0 Å². The van der Waals surface area contributed by atoms with Crippen LogP contribution in [0.1, 0.15) is 20.8 Å². The predicted octanol–water partition coefficient (Wildman–Crippen LogP) is 1.83. The van der Waals surface area contributed by atoms with Gasteiger partial charge in [-0.1, -0.05) is 32.9 Å². The Morgan fingerprint density at radius 3 is 2.20 bits per heavy atom. The standard InChI is InChI=1S/C19H28N2O4/c1-19(2,3)17(22)13-20-9-11-21(12-10-20)18(23)14-25-16-8-6-5-7-15(16)24-4/h5-8H,9-14H2,1-4H3. The molecule has 0 bridgehead atoms. The molecule has 0 aromatic heterocycles. The molecule has 0 radical (unpaired) electrons. The molecule has 1 heterocycles. The van der Waals surface area contributed by atoms with Gasteiger partial charge in [0.25, 0.3) is 5.91 Å². The summed E-state index contributed by atoms with van der Waals surface area (Å²) >= 11 is 0. The highest BCUT2D eigenvalue weighted by Gasteiger charge is 2.27. The molecule has 0 spiro atoms. The average molecular weight is 348 g/mol. The molecule has 1 amide bonds. The molecule has 1 aliphatic rings. The zero-order chi connectivity index (χ0) is 18.4. The van der Waals surface area contributed by atoms with E-state index in [1.807, 2.05) is 32.9 Å². The van der Waals surface area contributed by atoms with E-state index in [-0.39, 0.29) is 23.7 Å². The molecule has 1 aromatic carbocycles. The van der Waals surface area contributed by atoms with Crippen molar-refractivity contribution < 1.29 is 19.1 Å². The highest BCUT2D eigenvalue weighted by atomic mass is 16.5. The number of ketones is 1. The molecule has 25 heavy (non-hydrogen) atoms. The van der Waals surface area contributed by atoms with Crippen LogP contribution in [0.3, 0.4) is 0 Å². The Labute approximate surface area is 149 Å². The number of ether oxygens (including phenoxy) is 2. The Morgan fingerprint density at radius 1 is 1.04 bits per heavy atom. The van der Waals surface area contributed by atoms with Crippen molar-refractivity contribution >= 4 is 11.7 Å². The maximum atomic E-state index is 12.3. The number of hydrogen-bond donors (Lipinski definition) is 0. The van der Waals surface area contributed by atoms with Crippen LogP contribution in [-0.2, 0) is 9.59 Å². The summed E-state index contributed by atoms with van der Waals surface area (Å²) in [6.07, 6.45) is 0. The zero-order valence-electron chi connectivity index (χ0n) is 15.6. The van der Waals surface area contributed by atoms with E-state index in [1.54, 1.807) is 24.1 Å². The summed E-state index contributed by atoms with van der Waals surface area (Å²) in [5, 5.41) is 0. The normalized spacial score (nSPS) is 15.8. The number of carbonyl (C=O) groups is 2. The molecule has 0 aliphatic carbocycles. The molecular formula is C19H28N2O4. The van der Waals surface area contributed by atoms with Crippen LogP contribution in [0.15, 0.2) is 24.3 Å². The molecule has 1 aromatic rings. The maximum absolute atomic E-state index is 12.3. The van der Waals surface area contributed by atoms with Crippen LogP contribution in [0.4, 0.5) is 0 Å². The van der Waals surface area contributed by atoms with Crippen molar-refractivity contribution in [2.75, 3.05) is 46.4 Å². The number of carbonyl (C=O) groups excluding carboxylic acids is 2. The molecule has 2 rings (SSSR count). The Morgan fingerprint density at radius 2 is 1.64 bits per heavy atom. The lowest BCUT2D eigenvalue weighted by atomic mass is 9.90. The van der Waals surface area contributed by atoms with E-state index in [4.69, 9.17) is 9.47 Å². The van der Waals surface area contributed by atoms with E-state index in [0.29, 0.717) is 44.2 Å². The van der Waals surface area contributed by atoms with Gasteiger partial charge in [-0.2, -0.15) is 0 Å². The highest BCUT2D eigenvalue weighted by Crippen LogP contribution is 2.25. The first kappa shape index (κ1) is 19.2. The molecule has 0 atom stereocenters. The number of rotatable bonds is 6. The largest absolute Gasteiger partial charge is 0.493 e. The third kappa shape index (κ3) is 5.46. The third-order valence-corrected chi connectivity index (χ3v) is 4.35. The number of methoxy groups -OCH3 is 1. The summed E-state index contributed by atoms with van der Waals surface area (Å²) in [5.74, 6) is 1.35. The lowest BCUT2D eigenvalue weighted by molar-refractivity contribution is -0.135. The minimum Gasteiger partial charge on any atom is -0.493 e. The molecule has 1 aliphatic heterocycles. The lowest BCUT2D eigenvalue weighted by Crippen LogP contribution is -2.51. The van der Waals surface area contributed by atoms with Crippen molar-refractivity contribution in [2.24, 2.45) is 5.41 Å².